The predicted octanol–water partition coefficient (Wildman–Crippen LogP) is 2.89. The van der Waals surface area contributed by atoms with Crippen molar-refractivity contribution in [2.24, 2.45) is 11.8 Å². The molecule has 1 atom stereocenters. The fourth-order valence-corrected chi connectivity index (χ4v) is 2.02. The van der Waals surface area contributed by atoms with Crippen LogP contribution in [0.25, 0.3) is 0 Å². The number of rotatable bonds is 2. The van der Waals surface area contributed by atoms with Crippen molar-refractivity contribution >= 4 is 0 Å². The van der Waals surface area contributed by atoms with Crippen LogP contribution in [-0.2, 0) is 0 Å². The molecule has 0 spiro atoms. The molecule has 0 saturated carbocycles. The van der Waals surface area contributed by atoms with Gasteiger partial charge < -0.3 is 4.90 Å². The average molecular weight is 167 g/mol. The number of nitrogens with zero attached hydrogens (tertiary/aromatic N) is 1. The molecule has 0 radical (unpaired) electrons. The first kappa shape index (κ1) is 9.63. The lowest BCUT2D eigenvalue weighted by molar-refractivity contribution is 0.258. The number of likely N-dealkylation sites (tertiary alicyclic amines) is 1. The minimum absolute atomic E-state index is 0.753. The maximum absolute atomic E-state index is 4.16. The van der Waals surface area contributed by atoms with E-state index in [-0.39, 0.29) is 0 Å². The summed E-state index contributed by atoms with van der Waals surface area (Å²) in [7, 11) is 2.16. The van der Waals surface area contributed by atoms with Gasteiger partial charge in [0.1, 0.15) is 0 Å². The van der Waals surface area contributed by atoms with Gasteiger partial charge in [-0.25, -0.2) is 0 Å². The van der Waals surface area contributed by atoms with Crippen molar-refractivity contribution in [1.29, 1.82) is 0 Å². The second kappa shape index (κ2) is 3.97. The number of hydrogen-bond acceptors (Lipinski definition) is 1. The summed E-state index contributed by atoms with van der Waals surface area (Å²) in [4.78, 5) is 2.32. The molecule has 0 bridgehead atoms. The Bertz CT molecular complexity index is 160. The van der Waals surface area contributed by atoms with Crippen molar-refractivity contribution in [3.63, 3.8) is 0 Å². The van der Waals surface area contributed by atoms with Crippen molar-refractivity contribution in [1.82, 2.24) is 4.90 Å². The lowest BCUT2D eigenvalue weighted by Gasteiger charge is -2.34. The topological polar surface area (TPSA) is 3.24 Å². The highest BCUT2D eigenvalue weighted by molar-refractivity contribution is 5.02. The van der Waals surface area contributed by atoms with E-state index in [0.717, 1.165) is 11.8 Å². The lowest BCUT2D eigenvalue weighted by atomic mass is 9.87. The maximum atomic E-state index is 4.16. The SMILES string of the molecule is C=C1C(CC(C)C)CCCN1C. The molecule has 1 fully saturated rings. The Kier molecular flexibility index (Phi) is 3.19. The smallest absolute Gasteiger partial charge is 0.0171 e. The van der Waals surface area contributed by atoms with Crippen LogP contribution in [0.2, 0.25) is 0 Å². The van der Waals surface area contributed by atoms with Gasteiger partial charge in [-0.05, 0) is 31.1 Å². The van der Waals surface area contributed by atoms with Crippen LogP contribution in [0.4, 0.5) is 0 Å². The van der Waals surface area contributed by atoms with Crippen molar-refractivity contribution in [3.8, 4) is 0 Å². The third-order valence-electron chi connectivity index (χ3n) is 2.76. The summed E-state index contributed by atoms with van der Waals surface area (Å²) >= 11 is 0. The summed E-state index contributed by atoms with van der Waals surface area (Å²) in [5.41, 5.74) is 1.36. The first-order chi connectivity index (χ1) is 5.61. The molecule has 1 heteroatoms. The summed E-state index contributed by atoms with van der Waals surface area (Å²) in [6, 6.07) is 0. The van der Waals surface area contributed by atoms with Crippen molar-refractivity contribution in [3.05, 3.63) is 12.3 Å². The normalized spacial score (nSPS) is 25.2. The van der Waals surface area contributed by atoms with Gasteiger partial charge in [0, 0.05) is 19.3 Å². The molecule has 1 nitrogen and oxygen atoms in total. The van der Waals surface area contributed by atoms with E-state index >= 15 is 0 Å². The minimum Gasteiger partial charge on any atom is -0.378 e. The standard InChI is InChI=1S/C11H21N/c1-9(2)8-11-6-5-7-12(4)10(11)3/h9,11H,3,5-8H2,1-2,4H3. The van der Waals surface area contributed by atoms with E-state index < -0.39 is 0 Å². The van der Waals surface area contributed by atoms with E-state index in [0.29, 0.717) is 0 Å². The molecule has 12 heavy (non-hydrogen) atoms. The molecular formula is C11H21N. The molecule has 0 N–H and O–H groups in total. The third kappa shape index (κ3) is 2.26. The van der Waals surface area contributed by atoms with Crippen molar-refractivity contribution in [2.75, 3.05) is 13.6 Å². The molecule has 0 aromatic carbocycles. The van der Waals surface area contributed by atoms with Crippen LogP contribution in [0.15, 0.2) is 12.3 Å². The van der Waals surface area contributed by atoms with Gasteiger partial charge in [-0.1, -0.05) is 20.4 Å². The Morgan fingerprint density at radius 2 is 2.25 bits per heavy atom. The van der Waals surface area contributed by atoms with Gasteiger partial charge in [-0.15, -0.1) is 0 Å². The van der Waals surface area contributed by atoms with Crippen molar-refractivity contribution in [2.45, 2.75) is 33.1 Å². The van der Waals surface area contributed by atoms with Gasteiger partial charge in [0.25, 0.3) is 0 Å². The second-order valence-electron chi connectivity index (χ2n) is 4.38. The molecule has 1 aliphatic rings. The zero-order chi connectivity index (χ0) is 9.14. The van der Waals surface area contributed by atoms with Crippen LogP contribution in [0, 0.1) is 11.8 Å². The second-order valence-corrected chi connectivity index (χ2v) is 4.38. The quantitative estimate of drug-likeness (QED) is 0.611. The van der Waals surface area contributed by atoms with E-state index in [9.17, 15) is 0 Å². The molecule has 1 unspecified atom stereocenters. The Balaban J connectivity index is 2.46. The Hall–Kier alpha value is -0.460. The molecular weight excluding hydrogens is 146 g/mol. The average Bonchev–Trinajstić information content (AvgIpc) is 1.98. The van der Waals surface area contributed by atoms with Crippen LogP contribution >= 0.6 is 0 Å². The summed E-state index contributed by atoms with van der Waals surface area (Å²) in [6.07, 6.45) is 4.00. The van der Waals surface area contributed by atoms with E-state index in [4.69, 9.17) is 0 Å². The van der Waals surface area contributed by atoms with Gasteiger partial charge in [0.05, 0.1) is 0 Å². The highest BCUT2D eigenvalue weighted by Crippen LogP contribution is 2.29. The van der Waals surface area contributed by atoms with Crippen LogP contribution in [0.5, 0.6) is 0 Å². The summed E-state index contributed by atoms with van der Waals surface area (Å²) in [5.74, 6) is 1.56. The molecule has 70 valence electrons. The van der Waals surface area contributed by atoms with E-state index in [2.05, 4.69) is 32.4 Å². The highest BCUT2D eigenvalue weighted by atomic mass is 15.1. The van der Waals surface area contributed by atoms with E-state index in [1.54, 1.807) is 0 Å². The zero-order valence-electron chi connectivity index (χ0n) is 8.64. The fourth-order valence-electron chi connectivity index (χ4n) is 2.02. The van der Waals surface area contributed by atoms with E-state index in [1.807, 2.05) is 0 Å². The molecule has 1 heterocycles. The summed E-state index contributed by atoms with van der Waals surface area (Å²) in [5, 5.41) is 0. The number of allylic oxidation sites excluding steroid dienone is 1. The lowest BCUT2D eigenvalue weighted by Crippen LogP contribution is -2.29. The third-order valence-corrected chi connectivity index (χ3v) is 2.76. The highest BCUT2D eigenvalue weighted by Gasteiger charge is 2.21. The molecule has 1 saturated heterocycles. The molecule has 0 aromatic heterocycles. The minimum atomic E-state index is 0.753. The van der Waals surface area contributed by atoms with Crippen LogP contribution in [-0.4, -0.2) is 18.5 Å². The van der Waals surface area contributed by atoms with Gasteiger partial charge in [0.2, 0.25) is 0 Å². The van der Waals surface area contributed by atoms with Gasteiger partial charge >= 0.3 is 0 Å². The largest absolute Gasteiger partial charge is 0.378 e. The molecule has 0 aromatic rings. The van der Waals surface area contributed by atoms with Gasteiger partial charge in [-0.3, -0.25) is 0 Å². The Morgan fingerprint density at radius 1 is 1.58 bits per heavy atom. The predicted molar refractivity (Wildman–Crippen MR) is 53.9 cm³/mol. The fraction of sp³-hybridized carbons (Fsp3) is 0.818. The van der Waals surface area contributed by atoms with Crippen LogP contribution in [0.1, 0.15) is 33.1 Å². The zero-order valence-corrected chi connectivity index (χ0v) is 8.64. The maximum Gasteiger partial charge on any atom is 0.0171 e. The number of piperidine rings is 1. The first-order valence-electron chi connectivity index (χ1n) is 5.01. The van der Waals surface area contributed by atoms with Gasteiger partial charge in [-0.2, -0.15) is 0 Å². The van der Waals surface area contributed by atoms with Crippen molar-refractivity contribution < 1.29 is 0 Å². The van der Waals surface area contributed by atoms with E-state index in [1.165, 1.54) is 31.5 Å². The summed E-state index contributed by atoms with van der Waals surface area (Å²) in [6.45, 7) is 9.94. The molecule has 1 aliphatic heterocycles. The van der Waals surface area contributed by atoms with Crippen LogP contribution in [0.3, 0.4) is 0 Å². The molecule has 0 aliphatic carbocycles. The Morgan fingerprint density at radius 3 is 2.83 bits per heavy atom. The number of hydrogen-bond donors (Lipinski definition) is 0. The first-order valence-corrected chi connectivity index (χ1v) is 5.01. The molecule has 1 rings (SSSR count). The Labute approximate surface area is 76.5 Å². The summed E-state index contributed by atoms with van der Waals surface area (Å²) < 4.78 is 0. The molecule has 0 amide bonds. The monoisotopic (exact) mass is 167 g/mol. The van der Waals surface area contributed by atoms with Crippen LogP contribution < -0.4 is 0 Å². The van der Waals surface area contributed by atoms with Gasteiger partial charge in [0.15, 0.2) is 0 Å².